The van der Waals surface area contributed by atoms with E-state index in [1.165, 1.54) is 24.0 Å². The first-order valence-corrected chi connectivity index (χ1v) is 9.25. The van der Waals surface area contributed by atoms with Gasteiger partial charge in [-0.05, 0) is 56.3 Å². The maximum atomic E-state index is 10.4. The molecule has 2 aromatic rings. The molecule has 24 heavy (non-hydrogen) atoms. The van der Waals surface area contributed by atoms with Gasteiger partial charge in [-0.2, -0.15) is 0 Å². The SMILES string of the molecule is CC(O)CC1(c2ccccc2)C(c2ccccc2)C2CCN1CC2. The first-order chi connectivity index (χ1) is 11.7. The van der Waals surface area contributed by atoms with E-state index in [0.29, 0.717) is 11.8 Å². The van der Waals surface area contributed by atoms with Crippen LogP contribution in [0, 0.1) is 5.92 Å². The Labute approximate surface area is 145 Å². The molecular formula is C22H27NO. The number of hydrogen-bond donors (Lipinski definition) is 1. The van der Waals surface area contributed by atoms with E-state index in [4.69, 9.17) is 0 Å². The predicted molar refractivity (Wildman–Crippen MR) is 97.9 cm³/mol. The summed E-state index contributed by atoms with van der Waals surface area (Å²) < 4.78 is 0. The zero-order chi connectivity index (χ0) is 16.6. The lowest BCUT2D eigenvalue weighted by Gasteiger charge is -2.60. The molecule has 5 rings (SSSR count). The molecule has 3 fully saturated rings. The van der Waals surface area contributed by atoms with E-state index in [0.717, 1.165) is 19.5 Å². The van der Waals surface area contributed by atoms with Gasteiger partial charge >= 0.3 is 0 Å². The Morgan fingerprint density at radius 1 is 1.00 bits per heavy atom. The standard InChI is InChI=1S/C22H27NO/c1-17(24)16-22(20-10-6-3-7-11-20)21(18-8-4-2-5-9-18)19-12-14-23(22)15-13-19/h2-11,17,19,21,24H,12-16H2,1H3. The van der Waals surface area contributed by atoms with Gasteiger partial charge in [-0.15, -0.1) is 0 Å². The van der Waals surface area contributed by atoms with Gasteiger partial charge in [-0.3, -0.25) is 4.90 Å². The molecule has 0 aliphatic carbocycles. The lowest BCUT2D eigenvalue weighted by atomic mass is 9.59. The molecular weight excluding hydrogens is 294 g/mol. The monoisotopic (exact) mass is 321 g/mol. The number of hydrogen-bond acceptors (Lipinski definition) is 2. The zero-order valence-corrected chi connectivity index (χ0v) is 14.4. The summed E-state index contributed by atoms with van der Waals surface area (Å²) in [6, 6.07) is 21.9. The van der Waals surface area contributed by atoms with Crippen molar-refractivity contribution < 1.29 is 5.11 Å². The number of benzene rings is 2. The van der Waals surface area contributed by atoms with Crippen LogP contribution >= 0.6 is 0 Å². The van der Waals surface area contributed by atoms with E-state index in [1.807, 2.05) is 6.92 Å². The van der Waals surface area contributed by atoms with Crippen LogP contribution in [0.2, 0.25) is 0 Å². The Bertz CT molecular complexity index is 661. The van der Waals surface area contributed by atoms with E-state index in [-0.39, 0.29) is 11.6 Å². The van der Waals surface area contributed by atoms with Crippen LogP contribution in [-0.2, 0) is 5.54 Å². The molecule has 0 saturated carbocycles. The fourth-order valence-corrected chi connectivity index (χ4v) is 5.34. The molecule has 126 valence electrons. The zero-order valence-electron chi connectivity index (χ0n) is 14.4. The minimum Gasteiger partial charge on any atom is -0.393 e. The molecule has 0 aromatic heterocycles. The van der Waals surface area contributed by atoms with Gasteiger partial charge in [0, 0.05) is 5.92 Å². The van der Waals surface area contributed by atoms with Crippen molar-refractivity contribution in [1.82, 2.24) is 4.90 Å². The van der Waals surface area contributed by atoms with Gasteiger partial charge in [0.25, 0.3) is 0 Å². The minimum absolute atomic E-state index is 0.0854. The van der Waals surface area contributed by atoms with Gasteiger partial charge in [0.05, 0.1) is 11.6 Å². The maximum Gasteiger partial charge on any atom is 0.0556 e. The third-order valence-electron chi connectivity index (χ3n) is 6.13. The third kappa shape index (κ3) is 2.49. The van der Waals surface area contributed by atoms with Crippen molar-refractivity contribution >= 4 is 0 Å². The predicted octanol–water partition coefficient (Wildman–Crippen LogP) is 4.16. The molecule has 3 aliphatic heterocycles. The maximum absolute atomic E-state index is 10.4. The fourth-order valence-electron chi connectivity index (χ4n) is 5.34. The summed E-state index contributed by atoms with van der Waals surface area (Å²) in [6.45, 7) is 4.24. The lowest BCUT2D eigenvalue weighted by Crippen LogP contribution is -2.61. The van der Waals surface area contributed by atoms with Crippen LogP contribution in [0.3, 0.4) is 0 Å². The van der Waals surface area contributed by atoms with Crippen molar-refractivity contribution in [3.63, 3.8) is 0 Å². The van der Waals surface area contributed by atoms with Gasteiger partial charge in [0.1, 0.15) is 0 Å². The summed E-state index contributed by atoms with van der Waals surface area (Å²) in [5, 5.41) is 10.4. The molecule has 3 atom stereocenters. The quantitative estimate of drug-likeness (QED) is 0.914. The van der Waals surface area contributed by atoms with Crippen molar-refractivity contribution in [3.05, 3.63) is 71.8 Å². The van der Waals surface area contributed by atoms with Gasteiger partial charge in [0.2, 0.25) is 0 Å². The molecule has 2 aromatic carbocycles. The second kappa shape index (κ2) is 6.34. The van der Waals surface area contributed by atoms with Gasteiger partial charge in [-0.25, -0.2) is 0 Å². The summed E-state index contributed by atoms with van der Waals surface area (Å²) in [5.74, 6) is 1.16. The number of nitrogens with zero attached hydrogens (tertiary/aromatic N) is 1. The van der Waals surface area contributed by atoms with E-state index in [9.17, 15) is 5.11 Å². The van der Waals surface area contributed by atoms with Gasteiger partial charge < -0.3 is 5.11 Å². The third-order valence-corrected chi connectivity index (χ3v) is 6.13. The van der Waals surface area contributed by atoms with Crippen molar-refractivity contribution in [3.8, 4) is 0 Å². The van der Waals surface area contributed by atoms with Crippen LogP contribution in [-0.4, -0.2) is 29.2 Å². The van der Waals surface area contributed by atoms with Crippen molar-refractivity contribution in [2.24, 2.45) is 5.92 Å². The summed E-state index contributed by atoms with van der Waals surface area (Å²) in [7, 11) is 0. The van der Waals surface area contributed by atoms with E-state index in [2.05, 4.69) is 65.6 Å². The summed E-state index contributed by atoms with van der Waals surface area (Å²) >= 11 is 0. The van der Waals surface area contributed by atoms with Crippen LogP contribution < -0.4 is 0 Å². The molecule has 1 N–H and O–H groups in total. The number of aliphatic hydroxyl groups is 1. The molecule has 2 nitrogen and oxygen atoms in total. The molecule has 2 heteroatoms. The Morgan fingerprint density at radius 2 is 1.58 bits per heavy atom. The average molecular weight is 321 g/mol. The molecule has 0 amide bonds. The van der Waals surface area contributed by atoms with Crippen LogP contribution in [0.25, 0.3) is 0 Å². The van der Waals surface area contributed by atoms with Gasteiger partial charge in [0.15, 0.2) is 0 Å². The van der Waals surface area contributed by atoms with Gasteiger partial charge in [-0.1, -0.05) is 60.7 Å². The fraction of sp³-hybridized carbons (Fsp3) is 0.455. The molecule has 0 radical (unpaired) electrons. The van der Waals surface area contributed by atoms with Crippen LogP contribution in [0.15, 0.2) is 60.7 Å². The van der Waals surface area contributed by atoms with E-state index < -0.39 is 0 Å². The molecule has 3 aliphatic rings. The lowest BCUT2D eigenvalue weighted by molar-refractivity contribution is -0.0794. The molecule has 3 saturated heterocycles. The first kappa shape index (κ1) is 15.9. The highest BCUT2D eigenvalue weighted by atomic mass is 16.3. The average Bonchev–Trinajstić information content (AvgIpc) is 2.63. The Morgan fingerprint density at radius 3 is 2.17 bits per heavy atom. The number of fused-ring (bicyclic) bond motifs is 3. The Hall–Kier alpha value is -1.64. The summed E-state index contributed by atoms with van der Waals surface area (Å²) in [5.41, 5.74) is 2.71. The summed E-state index contributed by atoms with van der Waals surface area (Å²) in [4.78, 5) is 2.66. The molecule has 0 spiro atoms. The van der Waals surface area contributed by atoms with Crippen molar-refractivity contribution in [1.29, 1.82) is 0 Å². The smallest absolute Gasteiger partial charge is 0.0556 e. The molecule has 2 bridgehead atoms. The van der Waals surface area contributed by atoms with Crippen molar-refractivity contribution in [2.45, 2.75) is 43.7 Å². The number of aliphatic hydroxyl groups excluding tert-OH is 1. The number of rotatable bonds is 4. The van der Waals surface area contributed by atoms with Crippen LogP contribution in [0.4, 0.5) is 0 Å². The van der Waals surface area contributed by atoms with E-state index in [1.54, 1.807) is 0 Å². The summed E-state index contributed by atoms with van der Waals surface area (Å²) in [6.07, 6.45) is 3.03. The largest absolute Gasteiger partial charge is 0.393 e. The Balaban J connectivity index is 1.90. The van der Waals surface area contributed by atoms with E-state index >= 15 is 0 Å². The number of piperidine rings is 3. The van der Waals surface area contributed by atoms with Crippen LogP contribution in [0.1, 0.15) is 43.2 Å². The normalized spacial score (nSPS) is 33.3. The first-order valence-electron chi connectivity index (χ1n) is 9.25. The molecule has 3 heterocycles. The van der Waals surface area contributed by atoms with Crippen LogP contribution in [0.5, 0.6) is 0 Å². The van der Waals surface area contributed by atoms with Crippen molar-refractivity contribution in [2.75, 3.05) is 13.1 Å². The molecule has 3 unspecified atom stereocenters. The minimum atomic E-state index is -0.309. The Kier molecular flexibility index (Phi) is 4.19. The highest BCUT2D eigenvalue weighted by Gasteiger charge is 2.54. The topological polar surface area (TPSA) is 23.5 Å². The highest BCUT2D eigenvalue weighted by molar-refractivity contribution is 5.36. The highest BCUT2D eigenvalue weighted by Crippen LogP contribution is 2.56. The second-order valence-electron chi connectivity index (χ2n) is 7.56. The second-order valence-corrected chi connectivity index (χ2v) is 7.56.